The molecule has 0 aromatic rings. The summed E-state index contributed by atoms with van der Waals surface area (Å²) in [7, 11) is 0. The molecule has 0 unspecified atom stereocenters. The first-order chi connectivity index (χ1) is 7.40. The van der Waals surface area contributed by atoms with Crippen LogP contribution in [0, 0.1) is 11.8 Å². The molecule has 0 aromatic heterocycles. The standard InChI is InChI=1S/C12H19NO3/c1-12(2,3)16-11(15)13-6-9-4-8(9)5-10(13)7-14/h7-10H,4-6H2,1-3H3/t8-,9+,10-/m0/s1. The van der Waals surface area contributed by atoms with Crippen LogP contribution in [0.5, 0.6) is 0 Å². The molecule has 2 fully saturated rings. The number of aldehydes is 1. The number of carbonyl (C=O) groups is 2. The number of hydrogen-bond acceptors (Lipinski definition) is 3. The number of piperidine rings is 1. The van der Waals surface area contributed by atoms with Crippen molar-refractivity contribution in [1.82, 2.24) is 4.90 Å². The minimum atomic E-state index is -0.495. The summed E-state index contributed by atoms with van der Waals surface area (Å²) < 4.78 is 5.30. The second-order valence-corrected chi connectivity index (χ2v) is 5.83. The minimum absolute atomic E-state index is 0.279. The normalized spacial score (nSPS) is 32.9. The molecule has 4 heteroatoms. The van der Waals surface area contributed by atoms with Gasteiger partial charge in [0, 0.05) is 6.54 Å². The van der Waals surface area contributed by atoms with Gasteiger partial charge in [-0.15, -0.1) is 0 Å². The molecule has 2 rings (SSSR count). The van der Waals surface area contributed by atoms with E-state index < -0.39 is 5.60 Å². The highest BCUT2D eigenvalue weighted by Gasteiger charge is 2.47. The molecule has 2 aliphatic rings. The van der Waals surface area contributed by atoms with Gasteiger partial charge in [-0.05, 0) is 45.4 Å². The molecule has 4 nitrogen and oxygen atoms in total. The topological polar surface area (TPSA) is 46.6 Å². The third-order valence-corrected chi connectivity index (χ3v) is 3.23. The lowest BCUT2D eigenvalue weighted by Crippen LogP contribution is -2.47. The molecule has 1 heterocycles. The van der Waals surface area contributed by atoms with Gasteiger partial charge < -0.3 is 9.53 Å². The van der Waals surface area contributed by atoms with Gasteiger partial charge in [0.2, 0.25) is 0 Å². The van der Waals surface area contributed by atoms with E-state index in [1.807, 2.05) is 20.8 Å². The molecule has 1 saturated heterocycles. The molecule has 1 amide bonds. The Morgan fingerprint density at radius 3 is 2.56 bits per heavy atom. The summed E-state index contributed by atoms with van der Waals surface area (Å²) >= 11 is 0. The first-order valence-corrected chi connectivity index (χ1v) is 5.85. The molecule has 16 heavy (non-hydrogen) atoms. The molecule has 0 radical (unpaired) electrons. The molecule has 1 saturated carbocycles. The van der Waals surface area contributed by atoms with E-state index in [1.54, 1.807) is 4.90 Å². The maximum Gasteiger partial charge on any atom is 0.410 e. The number of carbonyl (C=O) groups excluding carboxylic acids is 2. The van der Waals surface area contributed by atoms with Crippen molar-refractivity contribution in [2.24, 2.45) is 11.8 Å². The van der Waals surface area contributed by atoms with Crippen molar-refractivity contribution in [3.05, 3.63) is 0 Å². The average molecular weight is 225 g/mol. The fraction of sp³-hybridized carbons (Fsp3) is 0.833. The van der Waals surface area contributed by atoms with Gasteiger partial charge in [-0.2, -0.15) is 0 Å². The number of ether oxygens (including phenoxy) is 1. The van der Waals surface area contributed by atoms with Gasteiger partial charge in [0.15, 0.2) is 0 Å². The summed E-state index contributed by atoms with van der Waals surface area (Å²) in [6.45, 7) is 6.20. The molecule has 1 aliphatic carbocycles. The quantitative estimate of drug-likeness (QED) is 0.640. The van der Waals surface area contributed by atoms with E-state index in [4.69, 9.17) is 4.74 Å². The molecule has 1 aliphatic heterocycles. The smallest absolute Gasteiger partial charge is 0.410 e. The molecule has 0 N–H and O–H groups in total. The van der Waals surface area contributed by atoms with Gasteiger partial charge in [-0.25, -0.2) is 4.79 Å². The lowest BCUT2D eigenvalue weighted by Gasteiger charge is -2.33. The Bertz CT molecular complexity index is 308. The van der Waals surface area contributed by atoms with Gasteiger partial charge in [0.1, 0.15) is 11.9 Å². The molecular formula is C12H19NO3. The number of hydrogen-bond donors (Lipinski definition) is 0. The van der Waals surface area contributed by atoms with Crippen LogP contribution in [-0.2, 0) is 9.53 Å². The van der Waals surface area contributed by atoms with Crippen LogP contribution in [0.4, 0.5) is 4.79 Å². The molecule has 0 bridgehead atoms. The predicted octanol–water partition coefficient (Wildman–Crippen LogP) is 1.83. The van der Waals surface area contributed by atoms with Crippen LogP contribution in [0.3, 0.4) is 0 Å². The number of nitrogens with zero attached hydrogens (tertiary/aromatic N) is 1. The zero-order valence-electron chi connectivity index (χ0n) is 10.1. The summed E-state index contributed by atoms with van der Waals surface area (Å²) in [6.07, 6.45) is 2.49. The summed E-state index contributed by atoms with van der Waals surface area (Å²) in [6, 6.07) is -0.279. The van der Waals surface area contributed by atoms with E-state index in [-0.39, 0.29) is 12.1 Å². The number of fused-ring (bicyclic) bond motifs is 1. The number of rotatable bonds is 1. The fourth-order valence-electron chi connectivity index (χ4n) is 2.31. The number of amides is 1. The lowest BCUT2D eigenvalue weighted by atomic mass is 10.0. The van der Waals surface area contributed by atoms with Gasteiger partial charge in [-0.3, -0.25) is 4.90 Å². The van der Waals surface area contributed by atoms with E-state index >= 15 is 0 Å². The van der Waals surface area contributed by atoms with E-state index in [9.17, 15) is 9.59 Å². The highest BCUT2D eigenvalue weighted by molar-refractivity contribution is 5.74. The SMILES string of the molecule is CC(C)(C)OC(=O)N1C[C@H]2C[C@H]2C[C@H]1C=O. The van der Waals surface area contributed by atoms with Gasteiger partial charge >= 0.3 is 6.09 Å². The third kappa shape index (κ3) is 2.36. The maximum atomic E-state index is 11.9. The van der Waals surface area contributed by atoms with Crippen LogP contribution in [0.2, 0.25) is 0 Å². The van der Waals surface area contributed by atoms with Crippen molar-refractivity contribution in [2.45, 2.75) is 45.3 Å². The summed E-state index contributed by atoms with van der Waals surface area (Å²) in [5.74, 6) is 1.26. The van der Waals surface area contributed by atoms with E-state index in [0.717, 1.165) is 19.1 Å². The van der Waals surface area contributed by atoms with Crippen molar-refractivity contribution in [2.75, 3.05) is 6.54 Å². The Kier molecular flexibility index (Phi) is 2.68. The van der Waals surface area contributed by atoms with E-state index in [1.165, 1.54) is 0 Å². The Morgan fingerprint density at radius 2 is 2.00 bits per heavy atom. The average Bonchev–Trinajstić information content (AvgIpc) is 2.90. The van der Waals surface area contributed by atoms with Gasteiger partial charge in [-0.1, -0.05) is 0 Å². The van der Waals surface area contributed by atoms with Crippen molar-refractivity contribution in [1.29, 1.82) is 0 Å². The molecule has 90 valence electrons. The molecule has 3 atom stereocenters. The first kappa shape index (κ1) is 11.4. The van der Waals surface area contributed by atoms with Crippen molar-refractivity contribution >= 4 is 12.4 Å². The Balaban J connectivity index is 2.00. The van der Waals surface area contributed by atoms with Crippen molar-refractivity contribution in [3.63, 3.8) is 0 Å². The summed E-state index contributed by atoms with van der Waals surface area (Å²) in [5, 5.41) is 0. The van der Waals surface area contributed by atoms with Crippen LogP contribution in [0.25, 0.3) is 0 Å². The second-order valence-electron chi connectivity index (χ2n) is 5.83. The van der Waals surface area contributed by atoms with Crippen LogP contribution in [0.15, 0.2) is 0 Å². The Labute approximate surface area is 95.9 Å². The highest BCUT2D eigenvalue weighted by Crippen LogP contribution is 2.46. The zero-order valence-corrected chi connectivity index (χ0v) is 10.1. The van der Waals surface area contributed by atoms with E-state index in [2.05, 4.69) is 0 Å². The highest BCUT2D eigenvalue weighted by atomic mass is 16.6. The van der Waals surface area contributed by atoms with Crippen molar-refractivity contribution < 1.29 is 14.3 Å². The first-order valence-electron chi connectivity index (χ1n) is 5.85. The largest absolute Gasteiger partial charge is 0.444 e. The van der Waals surface area contributed by atoms with Gasteiger partial charge in [0.25, 0.3) is 0 Å². The zero-order chi connectivity index (χ0) is 11.9. The minimum Gasteiger partial charge on any atom is -0.444 e. The van der Waals surface area contributed by atoms with Crippen LogP contribution < -0.4 is 0 Å². The molecule has 0 spiro atoms. The molecule has 0 aromatic carbocycles. The summed E-state index contributed by atoms with van der Waals surface area (Å²) in [5.41, 5.74) is -0.495. The van der Waals surface area contributed by atoms with E-state index in [0.29, 0.717) is 18.4 Å². The van der Waals surface area contributed by atoms with Crippen molar-refractivity contribution in [3.8, 4) is 0 Å². The fourth-order valence-corrected chi connectivity index (χ4v) is 2.31. The van der Waals surface area contributed by atoms with Crippen LogP contribution in [-0.4, -0.2) is 35.5 Å². The third-order valence-electron chi connectivity index (χ3n) is 3.23. The number of likely N-dealkylation sites (tertiary alicyclic amines) is 1. The predicted molar refractivity (Wildman–Crippen MR) is 59.0 cm³/mol. The Hall–Kier alpha value is -1.06. The maximum absolute atomic E-state index is 11.9. The van der Waals surface area contributed by atoms with Gasteiger partial charge in [0.05, 0.1) is 6.04 Å². The Morgan fingerprint density at radius 1 is 1.31 bits per heavy atom. The lowest BCUT2D eigenvalue weighted by molar-refractivity contribution is -0.113. The monoisotopic (exact) mass is 225 g/mol. The van der Waals surface area contributed by atoms with Crippen LogP contribution in [0.1, 0.15) is 33.6 Å². The summed E-state index contributed by atoms with van der Waals surface area (Å²) in [4.78, 5) is 24.4. The second kappa shape index (κ2) is 3.75. The van der Waals surface area contributed by atoms with Crippen LogP contribution >= 0.6 is 0 Å². The molecular weight excluding hydrogens is 206 g/mol.